The van der Waals surface area contributed by atoms with E-state index in [1.165, 1.54) is 4.80 Å². The highest BCUT2D eigenvalue weighted by atomic mass is 32.1. The van der Waals surface area contributed by atoms with Crippen molar-refractivity contribution in [3.05, 3.63) is 30.3 Å². The Morgan fingerprint density at radius 2 is 2.05 bits per heavy atom. The van der Waals surface area contributed by atoms with Crippen molar-refractivity contribution in [1.82, 2.24) is 25.1 Å². The van der Waals surface area contributed by atoms with Crippen molar-refractivity contribution in [3.63, 3.8) is 0 Å². The van der Waals surface area contributed by atoms with Gasteiger partial charge in [-0.25, -0.2) is 0 Å². The van der Waals surface area contributed by atoms with E-state index in [1.807, 2.05) is 42.2 Å². The summed E-state index contributed by atoms with van der Waals surface area (Å²) in [5.41, 5.74) is 0.940. The number of nitrogens with zero attached hydrogens (tertiary/aromatic N) is 7. The molecule has 7 nitrogen and oxygen atoms in total. The Morgan fingerprint density at radius 3 is 2.80 bits per heavy atom. The molecule has 1 aromatic heterocycles. The molecule has 0 N–H and O–H groups in total. The fraction of sp³-hybridized carbons (Fsp3) is 0.333. The van der Waals surface area contributed by atoms with Crippen LogP contribution in [0.5, 0.6) is 0 Å². The molecule has 0 saturated carbocycles. The van der Waals surface area contributed by atoms with Crippen molar-refractivity contribution in [2.75, 3.05) is 6.54 Å². The molecule has 8 heteroatoms. The van der Waals surface area contributed by atoms with E-state index in [9.17, 15) is 0 Å². The van der Waals surface area contributed by atoms with Gasteiger partial charge in [0.15, 0.2) is 6.17 Å². The van der Waals surface area contributed by atoms with Crippen LogP contribution in [0.2, 0.25) is 0 Å². The van der Waals surface area contributed by atoms with Gasteiger partial charge in [-0.3, -0.25) is 0 Å². The van der Waals surface area contributed by atoms with E-state index >= 15 is 0 Å². The van der Waals surface area contributed by atoms with Gasteiger partial charge in [-0.2, -0.15) is 9.91 Å². The van der Waals surface area contributed by atoms with Crippen molar-refractivity contribution in [2.45, 2.75) is 19.6 Å². The van der Waals surface area contributed by atoms with Crippen molar-refractivity contribution < 1.29 is 0 Å². The molecule has 20 heavy (non-hydrogen) atoms. The molecule has 2 aromatic rings. The number of thiocarbonyl (C=S) groups is 1. The first kappa shape index (κ1) is 12.8. The van der Waals surface area contributed by atoms with E-state index in [4.69, 9.17) is 12.2 Å². The molecule has 1 aliphatic heterocycles. The number of likely N-dealkylation sites (N-methyl/N-ethyl adjacent to an activating group) is 1. The maximum Gasteiger partial charge on any atom is 0.217 e. The van der Waals surface area contributed by atoms with Gasteiger partial charge >= 0.3 is 0 Å². The average molecular weight is 287 g/mol. The first-order valence-electron chi connectivity index (χ1n) is 6.32. The van der Waals surface area contributed by atoms with Gasteiger partial charge in [0.05, 0.1) is 0 Å². The molecule has 0 radical (unpaired) electrons. The number of rotatable bonds is 4. The van der Waals surface area contributed by atoms with E-state index in [-0.39, 0.29) is 6.17 Å². The van der Waals surface area contributed by atoms with Gasteiger partial charge in [-0.1, -0.05) is 30.3 Å². The largest absolute Gasteiger partial charge is 0.321 e. The first-order valence-corrected chi connectivity index (χ1v) is 6.73. The normalized spacial score (nSPS) is 17.9. The van der Waals surface area contributed by atoms with E-state index in [0.717, 1.165) is 12.1 Å². The van der Waals surface area contributed by atoms with Crippen LogP contribution >= 0.6 is 12.2 Å². The molecule has 0 saturated heterocycles. The number of hydrogen-bond donors (Lipinski definition) is 0. The van der Waals surface area contributed by atoms with Crippen LogP contribution < -0.4 is 0 Å². The van der Waals surface area contributed by atoms with E-state index in [1.54, 1.807) is 0 Å². The van der Waals surface area contributed by atoms with E-state index in [0.29, 0.717) is 17.5 Å². The van der Waals surface area contributed by atoms with Gasteiger partial charge in [0, 0.05) is 12.1 Å². The minimum absolute atomic E-state index is 0.148. The molecule has 0 aliphatic carbocycles. The summed E-state index contributed by atoms with van der Waals surface area (Å²) in [6.07, 6.45) is -0.148. The number of benzene rings is 1. The Labute approximate surface area is 121 Å². The summed E-state index contributed by atoms with van der Waals surface area (Å²) in [6.45, 7) is 3.26. The van der Waals surface area contributed by atoms with Crippen molar-refractivity contribution in [3.8, 4) is 11.4 Å². The summed E-state index contributed by atoms with van der Waals surface area (Å²) in [4.78, 5) is 3.46. The first-order chi connectivity index (χ1) is 9.78. The summed E-state index contributed by atoms with van der Waals surface area (Å²) in [7, 11) is 0. The lowest BCUT2D eigenvalue weighted by atomic mass is 10.2. The molecule has 1 aliphatic rings. The Morgan fingerprint density at radius 1 is 1.25 bits per heavy atom. The molecule has 0 bridgehead atoms. The predicted octanol–water partition coefficient (Wildman–Crippen LogP) is 1.74. The summed E-state index contributed by atoms with van der Waals surface area (Å²) < 4.78 is 0. The minimum atomic E-state index is -0.148. The summed E-state index contributed by atoms with van der Waals surface area (Å²) in [5.74, 6) is 0.603. The lowest BCUT2D eigenvalue weighted by molar-refractivity contribution is 0.294. The van der Waals surface area contributed by atoms with Crippen LogP contribution in [0.15, 0.2) is 40.6 Å². The quantitative estimate of drug-likeness (QED) is 0.801. The molecule has 0 amide bonds. The Balaban J connectivity index is 1.75. The molecule has 0 spiro atoms. The predicted molar refractivity (Wildman–Crippen MR) is 76.9 cm³/mol. The van der Waals surface area contributed by atoms with Crippen LogP contribution in [0.1, 0.15) is 6.92 Å². The molecule has 3 rings (SSSR count). The van der Waals surface area contributed by atoms with Crippen LogP contribution in [0.25, 0.3) is 11.4 Å². The van der Waals surface area contributed by atoms with Gasteiger partial charge in [0.2, 0.25) is 10.9 Å². The molecule has 2 heterocycles. The number of hydrogen-bond acceptors (Lipinski definition) is 5. The molecule has 1 unspecified atom stereocenters. The third-order valence-corrected chi connectivity index (χ3v) is 3.35. The van der Waals surface area contributed by atoms with Crippen molar-refractivity contribution in [2.24, 2.45) is 10.2 Å². The van der Waals surface area contributed by atoms with Crippen LogP contribution in [0, 0.1) is 0 Å². The van der Waals surface area contributed by atoms with Crippen molar-refractivity contribution >= 4 is 17.3 Å². The highest BCUT2D eigenvalue weighted by Gasteiger charge is 2.26. The molecule has 1 aromatic carbocycles. The highest BCUT2D eigenvalue weighted by Crippen LogP contribution is 2.15. The highest BCUT2D eigenvalue weighted by molar-refractivity contribution is 7.80. The minimum Gasteiger partial charge on any atom is -0.321 e. The lowest BCUT2D eigenvalue weighted by Crippen LogP contribution is -2.36. The smallest absolute Gasteiger partial charge is 0.217 e. The third kappa shape index (κ3) is 2.42. The van der Waals surface area contributed by atoms with Gasteiger partial charge in [0.1, 0.15) is 6.54 Å². The van der Waals surface area contributed by atoms with E-state index < -0.39 is 0 Å². The molecular weight excluding hydrogens is 274 g/mol. The Kier molecular flexibility index (Phi) is 3.46. The van der Waals surface area contributed by atoms with Crippen LogP contribution in [-0.2, 0) is 6.54 Å². The summed E-state index contributed by atoms with van der Waals surface area (Å²) >= 11 is 5.11. The van der Waals surface area contributed by atoms with Gasteiger partial charge in [-0.15, -0.1) is 15.3 Å². The topological polar surface area (TPSA) is 71.6 Å². The SMILES string of the molecule is CCN1C(=S)N=NC1Cn1nnc(-c2ccccc2)n1. The maximum absolute atomic E-state index is 5.11. The summed E-state index contributed by atoms with van der Waals surface area (Å²) in [6, 6.07) is 9.73. The Bertz CT molecular complexity index is 636. The molecular formula is C12H13N7S. The molecule has 1 atom stereocenters. The van der Waals surface area contributed by atoms with Crippen LogP contribution in [-0.4, -0.2) is 42.9 Å². The molecule has 102 valence electrons. The van der Waals surface area contributed by atoms with Crippen LogP contribution in [0.4, 0.5) is 0 Å². The number of azo groups is 1. The fourth-order valence-corrected chi connectivity index (χ4v) is 2.31. The standard InChI is InChI=1S/C12H13N7S/c1-2-18-10(13-15-12(18)20)8-19-16-11(14-17-19)9-6-4-3-5-7-9/h3-7,10H,2,8H2,1H3. The summed E-state index contributed by atoms with van der Waals surface area (Å²) in [5, 5.41) is 21.0. The van der Waals surface area contributed by atoms with Gasteiger partial charge < -0.3 is 4.90 Å². The zero-order chi connectivity index (χ0) is 13.9. The monoisotopic (exact) mass is 287 g/mol. The Hall–Kier alpha value is -2.22. The number of aromatic nitrogens is 4. The third-order valence-electron chi connectivity index (χ3n) is 3.03. The average Bonchev–Trinajstić information content (AvgIpc) is 3.08. The van der Waals surface area contributed by atoms with Crippen LogP contribution in [0.3, 0.4) is 0 Å². The second-order valence-electron chi connectivity index (χ2n) is 4.30. The van der Waals surface area contributed by atoms with Crippen molar-refractivity contribution in [1.29, 1.82) is 0 Å². The van der Waals surface area contributed by atoms with E-state index in [2.05, 4.69) is 25.6 Å². The second-order valence-corrected chi connectivity index (χ2v) is 4.66. The zero-order valence-electron chi connectivity index (χ0n) is 10.9. The lowest BCUT2D eigenvalue weighted by Gasteiger charge is -2.19. The zero-order valence-corrected chi connectivity index (χ0v) is 11.7. The molecule has 0 fully saturated rings. The fourth-order valence-electron chi connectivity index (χ4n) is 2.01. The van der Waals surface area contributed by atoms with Gasteiger partial charge in [0.25, 0.3) is 0 Å². The number of tetrazole rings is 1. The second kappa shape index (κ2) is 5.41. The maximum atomic E-state index is 5.11. The van der Waals surface area contributed by atoms with Gasteiger partial charge in [-0.05, 0) is 24.4 Å².